The molecule has 1 aromatic heterocycles. The van der Waals surface area contributed by atoms with Crippen LogP contribution in [0.4, 0.5) is 4.79 Å². The van der Waals surface area contributed by atoms with E-state index in [0.717, 1.165) is 0 Å². The molecule has 0 aliphatic rings. The first-order chi connectivity index (χ1) is 9.49. The summed E-state index contributed by atoms with van der Waals surface area (Å²) < 4.78 is 9.60. The smallest absolute Gasteiger partial charge is 0.357 e. The lowest BCUT2D eigenvalue weighted by atomic mass is 10.4. The van der Waals surface area contributed by atoms with Crippen LogP contribution in [0.15, 0.2) is 5.38 Å². The van der Waals surface area contributed by atoms with Crippen molar-refractivity contribution in [2.45, 2.75) is 6.54 Å². The second-order valence-electron chi connectivity index (χ2n) is 4.21. The van der Waals surface area contributed by atoms with Gasteiger partial charge in [-0.1, -0.05) is 0 Å². The summed E-state index contributed by atoms with van der Waals surface area (Å²) in [4.78, 5) is 30.6. The Kier molecular flexibility index (Phi) is 6.40. The highest BCUT2D eigenvalue weighted by Gasteiger charge is 2.18. The van der Waals surface area contributed by atoms with Crippen LogP contribution in [0.3, 0.4) is 0 Å². The van der Waals surface area contributed by atoms with Crippen LogP contribution in [-0.4, -0.2) is 68.3 Å². The average Bonchev–Trinajstić information content (AvgIpc) is 2.90. The molecular weight excluding hydrogens is 282 g/mol. The molecule has 1 heterocycles. The zero-order valence-electron chi connectivity index (χ0n) is 12.1. The number of hydrogen-bond acceptors (Lipinski definition) is 6. The molecule has 0 aliphatic carbocycles. The lowest BCUT2D eigenvalue weighted by molar-refractivity contribution is 0.0594. The Labute approximate surface area is 122 Å². The molecule has 112 valence electrons. The Morgan fingerprint density at radius 3 is 2.60 bits per heavy atom. The highest BCUT2D eigenvalue weighted by Crippen LogP contribution is 2.14. The lowest BCUT2D eigenvalue weighted by Gasteiger charge is -2.24. The lowest BCUT2D eigenvalue weighted by Crippen LogP contribution is -2.40. The molecule has 0 N–H and O–H groups in total. The molecule has 2 amide bonds. The van der Waals surface area contributed by atoms with E-state index in [0.29, 0.717) is 24.7 Å². The van der Waals surface area contributed by atoms with Crippen molar-refractivity contribution in [1.29, 1.82) is 0 Å². The van der Waals surface area contributed by atoms with Gasteiger partial charge in [-0.2, -0.15) is 0 Å². The molecule has 1 aromatic rings. The Hall–Kier alpha value is -1.67. The van der Waals surface area contributed by atoms with E-state index in [9.17, 15) is 9.59 Å². The number of carbonyl (C=O) groups is 2. The zero-order valence-corrected chi connectivity index (χ0v) is 12.9. The van der Waals surface area contributed by atoms with Crippen LogP contribution >= 0.6 is 11.3 Å². The van der Waals surface area contributed by atoms with Crippen LogP contribution in [-0.2, 0) is 16.0 Å². The van der Waals surface area contributed by atoms with Gasteiger partial charge in [-0.25, -0.2) is 14.6 Å². The standard InChI is InChI=1S/C12H19N3O4S/c1-14(2)12(17)15(5-6-18-3)7-10-13-9(8-20-10)11(16)19-4/h8H,5-7H2,1-4H3. The van der Waals surface area contributed by atoms with E-state index < -0.39 is 5.97 Å². The summed E-state index contributed by atoms with van der Waals surface area (Å²) >= 11 is 1.32. The third kappa shape index (κ3) is 4.46. The Morgan fingerprint density at radius 1 is 1.35 bits per heavy atom. The maximum atomic E-state index is 12.0. The van der Waals surface area contributed by atoms with Crippen LogP contribution in [0.1, 0.15) is 15.5 Å². The van der Waals surface area contributed by atoms with E-state index in [-0.39, 0.29) is 11.7 Å². The predicted molar refractivity (Wildman–Crippen MR) is 74.8 cm³/mol. The first-order valence-corrected chi connectivity index (χ1v) is 6.85. The molecule has 0 bridgehead atoms. The number of esters is 1. The Morgan fingerprint density at radius 2 is 2.05 bits per heavy atom. The fourth-order valence-electron chi connectivity index (χ4n) is 1.47. The largest absolute Gasteiger partial charge is 0.464 e. The van der Waals surface area contributed by atoms with Crippen LogP contribution < -0.4 is 0 Å². The molecular formula is C12H19N3O4S. The minimum absolute atomic E-state index is 0.128. The van der Waals surface area contributed by atoms with Gasteiger partial charge in [-0.3, -0.25) is 0 Å². The maximum absolute atomic E-state index is 12.0. The second kappa shape index (κ2) is 7.81. The van der Waals surface area contributed by atoms with Gasteiger partial charge >= 0.3 is 12.0 Å². The highest BCUT2D eigenvalue weighted by atomic mass is 32.1. The van der Waals surface area contributed by atoms with Gasteiger partial charge in [0.1, 0.15) is 5.01 Å². The van der Waals surface area contributed by atoms with Crippen molar-refractivity contribution in [2.24, 2.45) is 0 Å². The number of urea groups is 1. The number of hydrogen-bond donors (Lipinski definition) is 0. The van der Waals surface area contributed by atoms with Gasteiger partial charge in [0, 0.05) is 33.1 Å². The molecule has 0 saturated heterocycles. The third-order valence-corrected chi connectivity index (χ3v) is 3.32. The van der Waals surface area contributed by atoms with Crippen LogP contribution in [0.2, 0.25) is 0 Å². The van der Waals surface area contributed by atoms with Gasteiger partial charge in [0.15, 0.2) is 5.69 Å². The van der Waals surface area contributed by atoms with Gasteiger partial charge in [-0.15, -0.1) is 11.3 Å². The quantitative estimate of drug-likeness (QED) is 0.735. The van der Waals surface area contributed by atoms with Gasteiger partial charge in [0.2, 0.25) is 0 Å². The van der Waals surface area contributed by atoms with E-state index >= 15 is 0 Å². The normalized spacial score (nSPS) is 10.2. The minimum atomic E-state index is -0.477. The molecule has 0 fully saturated rings. The van der Waals surface area contributed by atoms with Crippen LogP contribution in [0, 0.1) is 0 Å². The summed E-state index contributed by atoms with van der Waals surface area (Å²) in [6.45, 7) is 1.23. The summed E-state index contributed by atoms with van der Waals surface area (Å²) in [6.07, 6.45) is 0. The van der Waals surface area contributed by atoms with Gasteiger partial charge in [0.05, 0.1) is 20.3 Å². The number of ether oxygens (including phenoxy) is 2. The fourth-order valence-corrected chi connectivity index (χ4v) is 2.25. The average molecular weight is 301 g/mol. The number of amides is 2. The van der Waals surface area contributed by atoms with Crippen molar-refractivity contribution in [3.63, 3.8) is 0 Å². The Bertz CT molecular complexity index is 461. The maximum Gasteiger partial charge on any atom is 0.357 e. The number of thiazole rings is 1. The van der Waals surface area contributed by atoms with Crippen molar-refractivity contribution in [2.75, 3.05) is 41.5 Å². The van der Waals surface area contributed by atoms with Crippen LogP contribution in [0.5, 0.6) is 0 Å². The number of methoxy groups -OCH3 is 2. The second-order valence-corrected chi connectivity index (χ2v) is 5.15. The summed E-state index contributed by atoms with van der Waals surface area (Å²) in [6, 6.07) is -0.128. The number of rotatable bonds is 6. The van der Waals surface area contributed by atoms with Crippen molar-refractivity contribution in [1.82, 2.24) is 14.8 Å². The van der Waals surface area contributed by atoms with Gasteiger partial charge in [-0.05, 0) is 0 Å². The fraction of sp³-hybridized carbons (Fsp3) is 0.583. The molecule has 0 aromatic carbocycles. The predicted octanol–water partition coefficient (Wildman–Crippen LogP) is 1.06. The number of nitrogens with zero attached hydrogens (tertiary/aromatic N) is 3. The summed E-state index contributed by atoms with van der Waals surface area (Å²) in [5.41, 5.74) is 0.261. The van der Waals surface area contributed by atoms with Crippen molar-refractivity contribution in [3.8, 4) is 0 Å². The van der Waals surface area contributed by atoms with E-state index in [1.165, 1.54) is 23.3 Å². The van der Waals surface area contributed by atoms with E-state index in [2.05, 4.69) is 9.72 Å². The molecule has 1 rings (SSSR count). The first kappa shape index (κ1) is 16.4. The minimum Gasteiger partial charge on any atom is -0.464 e. The first-order valence-electron chi connectivity index (χ1n) is 5.97. The highest BCUT2D eigenvalue weighted by molar-refractivity contribution is 7.09. The van der Waals surface area contributed by atoms with E-state index in [1.807, 2.05) is 0 Å². The molecule has 0 aliphatic heterocycles. The van der Waals surface area contributed by atoms with Gasteiger partial charge in [0.25, 0.3) is 0 Å². The third-order valence-electron chi connectivity index (χ3n) is 2.49. The van der Waals surface area contributed by atoms with E-state index in [1.54, 1.807) is 31.5 Å². The SMILES string of the molecule is COCCN(Cc1nc(C(=O)OC)cs1)C(=O)N(C)C. The molecule has 0 saturated carbocycles. The molecule has 7 nitrogen and oxygen atoms in total. The van der Waals surface area contributed by atoms with E-state index in [4.69, 9.17) is 4.74 Å². The molecule has 0 radical (unpaired) electrons. The number of carbonyl (C=O) groups excluding carboxylic acids is 2. The van der Waals surface area contributed by atoms with Crippen molar-refractivity contribution >= 4 is 23.3 Å². The van der Waals surface area contributed by atoms with Crippen molar-refractivity contribution in [3.05, 3.63) is 16.1 Å². The molecule has 0 atom stereocenters. The topological polar surface area (TPSA) is 72.0 Å². The number of aromatic nitrogens is 1. The summed E-state index contributed by atoms with van der Waals surface area (Å²) in [5.74, 6) is -0.477. The monoisotopic (exact) mass is 301 g/mol. The molecule has 8 heteroatoms. The Balaban J connectivity index is 2.76. The molecule has 20 heavy (non-hydrogen) atoms. The molecule has 0 unspecified atom stereocenters. The van der Waals surface area contributed by atoms with Crippen molar-refractivity contribution < 1.29 is 19.1 Å². The van der Waals surface area contributed by atoms with Crippen LogP contribution in [0.25, 0.3) is 0 Å². The molecule has 0 spiro atoms. The van der Waals surface area contributed by atoms with Gasteiger partial charge < -0.3 is 19.3 Å². The summed E-state index contributed by atoms with van der Waals surface area (Å²) in [5, 5.41) is 2.30. The summed E-state index contributed by atoms with van der Waals surface area (Å²) in [7, 11) is 6.26. The zero-order chi connectivity index (χ0) is 15.1.